The number of pyridine rings is 1. The largest absolute Gasteiger partial charge is 0.444 e. The van der Waals surface area contributed by atoms with Crippen molar-refractivity contribution in [3.8, 4) is 0 Å². The smallest absolute Gasteiger partial charge is 0.407 e. The van der Waals surface area contributed by atoms with Crippen LogP contribution in [0.1, 0.15) is 43.0 Å². The van der Waals surface area contributed by atoms with Crippen molar-refractivity contribution in [3.05, 3.63) is 65.0 Å². The molecule has 0 spiro atoms. The summed E-state index contributed by atoms with van der Waals surface area (Å²) in [6.07, 6.45) is 4.12. The zero-order chi connectivity index (χ0) is 16.9. The fraction of sp³-hybridized carbons (Fsp3) is 0.368. The van der Waals surface area contributed by atoms with Crippen LogP contribution in [0.15, 0.2) is 42.7 Å². The van der Waals surface area contributed by atoms with Gasteiger partial charge in [-0.2, -0.15) is 0 Å². The minimum Gasteiger partial charge on any atom is -0.444 e. The van der Waals surface area contributed by atoms with E-state index in [1.165, 1.54) is 5.56 Å². The van der Waals surface area contributed by atoms with Crippen LogP contribution in [0.2, 0.25) is 0 Å². The maximum absolute atomic E-state index is 11.8. The van der Waals surface area contributed by atoms with Gasteiger partial charge in [0.15, 0.2) is 0 Å². The minimum absolute atomic E-state index is 0.399. The van der Waals surface area contributed by atoms with Gasteiger partial charge in [0.05, 0.1) is 0 Å². The zero-order valence-electron chi connectivity index (χ0n) is 14.2. The van der Waals surface area contributed by atoms with Gasteiger partial charge in [-0.05, 0) is 56.4 Å². The number of ether oxygens (including phenoxy) is 1. The lowest BCUT2D eigenvalue weighted by molar-refractivity contribution is 0.0523. The van der Waals surface area contributed by atoms with Gasteiger partial charge in [0.1, 0.15) is 5.60 Å². The molecular weight excluding hydrogens is 288 g/mol. The van der Waals surface area contributed by atoms with Crippen LogP contribution in [0, 0.1) is 6.92 Å². The maximum Gasteiger partial charge on any atom is 0.407 e. The van der Waals surface area contributed by atoms with Crippen molar-refractivity contribution in [2.45, 2.75) is 46.3 Å². The number of aromatic nitrogens is 1. The van der Waals surface area contributed by atoms with Gasteiger partial charge in [-0.1, -0.05) is 30.3 Å². The first kappa shape index (κ1) is 17.0. The van der Waals surface area contributed by atoms with Crippen molar-refractivity contribution in [2.24, 2.45) is 0 Å². The van der Waals surface area contributed by atoms with Crippen molar-refractivity contribution in [2.75, 3.05) is 0 Å². The number of carbonyl (C=O) groups is 1. The third kappa shape index (κ3) is 5.74. The Morgan fingerprint density at radius 2 is 1.87 bits per heavy atom. The number of amides is 1. The van der Waals surface area contributed by atoms with E-state index in [4.69, 9.17) is 4.74 Å². The molecule has 4 heteroatoms. The molecule has 2 rings (SSSR count). The molecule has 1 aromatic carbocycles. The second kappa shape index (κ2) is 7.27. The first-order chi connectivity index (χ1) is 10.8. The lowest BCUT2D eigenvalue weighted by atomic mass is 10.00. The van der Waals surface area contributed by atoms with Crippen molar-refractivity contribution in [1.82, 2.24) is 10.3 Å². The molecular formula is C19H24N2O2. The molecule has 0 bridgehead atoms. The van der Waals surface area contributed by atoms with Crippen LogP contribution in [-0.2, 0) is 17.7 Å². The van der Waals surface area contributed by atoms with Crippen molar-refractivity contribution in [3.63, 3.8) is 0 Å². The number of rotatable bonds is 4. The van der Waals surface area contributed by atoms with Gasteiger partial charge >= 0.3 is 6.09 Å². The van der Waals surface area contributed by atoms with Crippen LogP contribution in [0.5, 0.6) is 0 Å². The van der Waals surface area contributed by atoms with Gasteiger partial charge < -0.3 is 10.1 Å². The number of nitrogens with zero attached hydrogens (tertiary/aromatic N) is 1. The third-order valence-electron chi connectivity index (χ3n) is 3.27. The molecule has 0 aliphatic rings. The molecule has 122 valence electrons. The first-order valence-corrected chi connectivity index (χ1v) is 7.78. The zero-order valence-corrected chi connectivity index (χ0v) is 14.2. The average Bonchev–Trinajstić information content (AvgIpc) is 2.44. The number of hydrogen-bond donors (Lipinski definition) is 1. The molecule has 1 N–H and O–H groups in total. The van der Waals surface area contributed by atoms with Crippen LogP contribution in [0.4, 0.5) is 4.79 Å². The number of carbonyl (C=O) groups excluding carboxylic acids is 1. The van der Waals surface area contributed by atoms with Gasteiger partial charge in [-0.25, -0.2) is 4.79 Å². The molecule has 0 aliphatic carbocycles. The maximum atomic E-state index is 11.8. The van der Waals surface area contributed by atoms with Gasteiger partial charge in [0, 0.05) is 18.9 Å². The van der Waals surface area contributed by atoms with Crippen LogP contribution >= 0.6 is 0 Å². The highest BCUT2D eigenvalue weighted by Gasteiger charge is 2.16. The Kier molecular flexibility index (Phi) is 5.37. The minimum atomic E-state index is -0.489. The topological polar surface area (TPSA) is 51.2 Å². The predicted molar refractivity (Wildman–Crippen MR) is 91.3 cm³/mol. The lowest BCUT2D eigenvalue weighted by Gasteiger charge is -2.20. The van der Waals surface area contributed by atoms with Crippen LogP contribution in [-0.4, -0.2) is 16.7 Å². The molecule has 0 saturated heterocycles. The lowest BCUT2D eigenvalue weighted by Crippen LogP contribution is -2.32. The Hall–Kier alpha value is -2.36. The summed E-state index contributed by atoms with van der Waals surface area (Å²) >= 11 is 0. The van der Waals surface area contributed by atoms with Crippen LogP contribution < -0.4 is 5.32 Å². The van der Waals surface area contributed by atoms with E-state index >= 15 is 0 Å². The summed E-state index contributed by atoms with van der Waals surface area (Å²) in [5.41, 5.74) is 4.08. The molecule has 23 heavy (non-hydrogen) atoms. The Morgan fingerprint density at radius 3 is 2.52 bits per heavy atom. The van der Waals surface area contributed by atoms with E-state index in [-0.39, 0.29) is 0 Å². The molecule has 0 saturated carbocycles. The van der Waals surface area contributed by atoms with Crippen LogP contribution in [0.3, 0.4) is 0 Å². The second-order valence-electron chi connectivity index (χ2n) is 6.67. The summed E-state index contributed by atoms with van der Waals surface area (Å²) in [7, 11) is 0. The molecule has 1 aromatic heterocycles. The van der Waals surface area contributed by atoms with Crippen molar-refractivity contribution >= 4 is 6.09 Å². The normalized spacial score (nSPS) is 11.1. The Labute approximate surface area is 137 Å². The van der Waals surface area contributed by atoms with E-state index in [0.717, 1.165) is 23.1 Å². The Balaban J connectivity index is 2.04. The highest BCUT2D eigenvalue weighted by molar-refractivity contribution is 5.67. The average molecular weight is 312 g/mol. The van der Waals surface area contributed by atoms with Crippen molar-refractivity contribution in [1.29, 1.82) is 0 Å². The number of alkyl carbamates (subject to hydrolysis) is 1. The highest BCUT2D eigenvalue weighted by atomic mass is 16.6. The number of benzene rings is 1. The van der Waals surface area contributed by atoms with E-state index in [1.807, 2.05) is 58.3 Å². The summed E-state index contributed by atoms with van der Waals surface area (Å²) in [5, 5.41) is 2.82. The molecule has 0 aliphatic heterocycles. The molecule has 4 nitrogen and oxygen atoms in total. The van der Waals surface area contributed by atoms with E-state index < -0.39 is 11.7 Å². The van der Waals surface area contributed by atoms with Crippen molar-refractivity contribution < 1.29 is 9.53 Å². The van der Waals surface area contributed by atoms with E-state index in [0.29, 0.717) is 6.54 Å². The summed E-state index contributed by atoms with van der Waals surface area (Å²) in [6, 6.07) is 10.2. The highest BCUT2D eigenvalue weighted by Crippen LogP contribution is 2.15. The molecule has 0 atom stereocenters. The van der Waals surface area contributed by atoms with Gasteiger partial charge in [0.25, 0.3) is 0 Å². The van der Waals surface area contributed by atoms with Crippen LogP contribution in [0.25, 0.3) is 0 Å². The van der Waals surface area contributed by atoms with Gasteiger partial charge in [-0.15, -0.1) is 0 Å². The van der Waals surface area contributed by atoms with Gasteiger partial charge in [-0.3, -0.25) is 4.98 Å². The summed E-state index contributed by atoms with van der Waals surface area (Å²) < 4.78 is 5.27. The number of aryl methyl sites for hydroxylation is 1. The van der Waals surface area contributed by atoms with E-state index in [1.54, 1.807) is 0 Å². The van der Waals surface area contributed by atoms with E-state index in [9.17, 15) is 4.79 Å². The molecule has 1 amide bonds. The van der Waals surface area contributed by atoms with E-state index in [2.05, 4.69) is 22.4 Å². The molecule has 0 unspecified atom stereocenters. The predicted octanol–water partition coefficient (Wildman–Crippen LogP) is 4.01. The Bertz CT molecular complexity index is 675. The molecule has 2 aromatic rings. The SMILES string of the molecule is Cc1cncc(Cc2ccccc2CNC(=O)OC(C)(C)C)c1. The standard InChI is InChI=1S/C19H24N2O2/c1-14-9-15(12-20-11-14)10-16-7-5-6-8-17(16)13-21-18(22)23-19(2,3)4/h5-9,11-12H,10,13H2,1-4H3,(H,21,22). The molecule has 0 radical (unpaired) electrons. The van der Waals surface area contributed by atoms with Gasteiger partial charge in [0.2, 0.25) is 0 Å². The molecule has 1 heterocycles. The number of hydrogen-bond acceptors (Lipinski definition) is 3. The quantitative estimate of drug-likeness (QED) is 0.928. The fourth-order valence-electron chi connectivity index (χ4n) is 2.32. The Morgan fingerprint density at radius 1 is 1.17 bits per heavy atom. The summed E-state index contributed by atoms with van der Waals surface area (Å²) in [4.78, 5) is 16.0. The third-order valence-corrected chi connectivity index (χ3v) is 3.27. The summed E-state index contributed by atoms with van der Waals surface area (Å²) in [6.45, 7) is 8.04. The fourth-order valence-corrected chi connectivity index (χ4v) is 2.32. The monoisotopic (exact) mass is 312 g/mol. The summed E-state index contributed by atoms with van der Waals surface area (Å²) in [5.74, 6) is 0. The second-order valence-corrected chi connectivity index (χ2v) is 6.67. The number of nitrogens with one attached hydrogen (secondary N) is 1. The molecule has 0 fully saturated rings. The first-order valence-electron chi connectivity index (χ1n) is 7.78.